The van der Waals surface area contributed by atoms with Crippen molar-refractivity contribution in [2.75, 3.05) is 13.1 Å². The summed E-state index contributed by atoms with van der Waals surface area (Å²) < 4.78 is 18.0. The van der Waals surface area contributed by atoms with Gasteiger partial charge in [-0.2, -0.15) is 4.98 Å². The first-order valence-electron chi connectivity index (χ1n) is 6.80. The minimum Gasteiger partial charge on any atom is -0.379 e. The van der Waals surface area contributed by atoms with E-state index < -0.39 is 5.60 Å². The first kappa shape index (κ1) is 14.5. The number of halogens is 1. The van der Waals surface area contributed by atoms with Crippen molar-refractivity contribution >= 4 is 11.8 Å². The Balaban J connectivity index is 1.63. The van der Waals surface area contributed by atoms with Gasteiger partial charge in [0.05, 0.1) is 5.75 Å². The first-order valence-corrected chi connectivity index (χ1v) is 7.79. The molecule has 0 spiro atoms. The highest BCUT2D eigenvalue weighted by molar-refractivity contribution is 7.98. The number of rotatable bonds is 4. The Bertz CT molecular complexity index is 597. The molecule has 7 heteroatoms. The average Bonchev–Trinajstić information content (AvgIpc) is 2.97. The average molecular weight is 309 g/mol. The molecule has 0 aliphatic carbocycles. The monoisotopic (exact) mass is 309 g/mol. The lowest BCUT2D eigenvalue weighted by atomic mass is 9.94. The van der Waals surface area contributed by atoms with Crippen molar-refractivity contribution in [2.24, 2.45) is 0 Å². The lowest BCUT2D eigenvalue weighted by molar-refractivity contribution is -0.0167. The van der Waals surface area contributed by atoms with Gasteiger partial charge in [0, 0.05) is 11.4 Å². The van der Waals surface area contributed by atoms with Crippen LogP contribution >= 0.6 is 11.8 Å². The predicted molar refractivity (Wildman–Crippen MR) is 76.3 cm³/mol. The van der Waals surface area contributed by atoms with E-state index in [0.29, 0.717) is 24.5 Å². The van der Waals surface area contributed by atoms with E-state index in [1.54, 1.807) is 12.1 Å². The molecule has 2 aromatic rings. The minimum absolute atomic E-state index is 0.256. The van der Waals surface area contributed by atoms with Gasteiger partial charge in [0.25, 0.3) is 5.89 Å². The van der Waals surface area contributed by atoms with E-state index >= 15 is 0 Å². The molecule has 1 aliphatic rings. The van der Waals surface area contributed by atoms with Crippen LogP contribution in [0.15, 0.2) is 33.7 Å². The summed E-state index contributed by atoms with van der Waals surface area (Å²) in [7, 11) is 0. The molecule has 1 unspecified atom stereocenters. The summed E-state index contributed by atoms with van der Waals surface area (Å²) in [6.07, 6.45) is 1.49. The molecule has 21 heavy (non-hydrogen) atoms. The Hall–Kier alpha value is -1.44. The Morgan fingerprint density at radius 2 is 2.19 bits per heavy atom. The highest BCUT2D eigenvalue weighted by atomic mass is 32.2. The van der Waals surface area contributed by atoms with Crippen LogP contribution in [0.5, 0.6) is 0 Å². The number of aromatic nitrogens is 2. The third-order valence-corrected chi connectivity index (χ3v) is 4.42. The van der Waals surface area contributed by atoms with E-state index in [-0.39, 0.29) is 11.7 Å². The maximum Gasteiger partial charge on any atom is 0.259 e. The number of aliphatic hydroxyl groups is 1. The summed E-state index contributed by atoms with van der Waals surface area (Å²) in [6.45, 7) is 1.32. The molecule has 1 saturated heterocycles. The summed E-state index contributed by atoms with van der Waals surface area (Å²) in [4.78, 5) is 5.21. The number of benzene rings is 1. The molecule has 0 saturated carbocycles. The lowest BCUT2D eigenvalue weighted by Crippen LogP contribution is -2.43. The van der Waals surface area contributed by atoms with Crippen LogP contribution in [0.4, 0.5) is 4.39 Å². The molecule has 1 aromatic heterocycles. The second kappa shape index (κ2) is 6.13. The molecule has 0 radical (unpaired) electrons. The van der Waals surface area contributed by atoms with Gasteiger partial charge in [0.1, 0.15) is 5.82 Å². The van der Waals surface area contributed by atoms with Crippen LogP contribution in [-0.4, -0.2) is 28.3 Å². The van der Waals surface area contributed by atoms with Gasteiger partial charge in [-0.15, -0.1) is 11.8 Å². The first-order chi connectivity index (χ1) is 10.2. The normalized spacial score (nSPS) is 22.4. The summed E-state index contributed by atoms with van der Waals surface area (Å²) in [6, 6.07) is 6.25. The van der Waals surface area contributed by atoms with E-state index in [1.165, 1.54) is 23.9 Å². The maximum atomic E-state index is 12.8. The zero-order valence-corrected chi connectivity index (χ0v) is 12.2. The van der Waals surface area contributed by atoms with Gasteiger partial charge in [0.15, 0.2) is 11.4 Å². The van der Waals surface area contributed by atoms with E-state index in [2.05, 4.69) is 15.5 Å². The maximum absolute atomic E-state index is 12.8. The molecule has 112 valence electrons. The molecular weight excluding hydrogens is 293 g/mol. The molecule has 3 rings (SSSR count). The lowest BCUT2D eigenvalue weighted by Gasteiger charge is -2.28. The van der Waals surface area contributed by atoms with Crippen molar-refractivity contribution in [3.8, 4) is 0 Å². The predicted octanol–water partition coefficient (Wildman–Crippen LogP) is 2.07. The fourth-order valence-corrected chi connectivity index (χ4v) is 2.99. The Kier molecular flexibility index (Phi) is 4.23. The zero-order valence-electron chi connectivity index (χ0n) is 11.4. The van der Waals surface area contributed by atoms with Crippen LogP contribution in [0, 0.1) is 5.82 Å². The van der Waals surface area contributed by atoms with E-state index in [0.717, 1.165) is 17.9 Å². The van der Waals surface area contributed by atoms with E-state index in [9.17, 15) is 9.50 Å². The highest BCUT2D eigenvalue weighted by Gasteiger charge is 2.36. The van der Waals surface area contributed by atoms with E-state index in [4.69, 9.17) is 4.52 Å². The fraction of sp³-hybridized carbons (Fsp3) is 0.429. The third kappa shape index (κ3) is 3.42. The van der Waals surface area contributed by atoms with Crippen LogP contribution in [0.2, 0.25) is 0 Å². The highest BCUT2D eigenvalue weighted by Crippen LogP contribution is 2.28. The Morgan fingerprint density at radius 3 is 2.90 bits per heavy atom. The van der Waals surface area contributed by atoms with Gasteiger partial charge in [-0.1, -0.05) is 5.16 Å². The molecule has 2 N–H and O–H groups in total. The number of hydrogen-bond acceptors (Lipinski definition) is 6. The van der Waals surface area contributed by atoms with Crippen molar-refractivity contribution in [1.82, 2.24) is 15.5 Å². The molecule has 0 bridgehead atoms. The van der Waals surface area contributed by atoms with Gasteiger partial charge < -0.3 is 14.9 Å². The van der Waals surface area contributed by atoms with Gasteiger partial charge in [-0.3, -0.25) is 0 Å². The molecular formula is C14H16FN3O2S. The molecule has 1 atom stereocenters. The van der Waals surface area contributed by atoms with Crippen molar-refractivity contribution in [1.29, 1.82) is 0 Å². The quantitative estimate of drug-likeness (QED) is 0.843. The van der Waals surface area contributed by atoms with Crippen molar-refractivity contribution in [2.45, 2.75) is 29.1 Å². The topological polar surface area (TPSA) is 71.2 Å². The molecule has 5 nitrogen and oxygen atoms in total. The molecule has 2 heterocycles. The van der Waals surface area contributed by atoms with Crippen molar-refractivity contribution in [3.63, 3.8) is 0 Å². The SMILES string of the molecule is OC1(c2nc(CSc3ccc(F)cc3)no2)CCCNC1. The standard InChI is InChI=1S/C14H16FN3O2S/c15-10-2-4-11(5-3-10)21-8-12-17-13(20-18-12)14(19)6-1-7-16-9-14/h2-5,16,19H,1,6-9H2. The summed E-state index contributed by atoms with van der Waals surface area (Å²) in [5.41, 5.74) is -1.07. The zero-order chi connectivity index (χ0) is 14.7. The molecule has 1 aromatic carbocycles. The van der Waals surface area contributed by atoms with E-state index in [1.807, 2.05) is 0 Å². The second-order valence-corrected chi connectivity index (χ2v) is 6.12. The minimum atomic E-state index is -1.07. The Morgan fingerprint density at radius 1 is 1.38 bits per heavy atom. The number of hydrogen-bond donors (Lipinski definition) is 2. The fourth-order valence-electron chi connectivity index (χ4n) is 2.25. The smallest absolute Gasteiger partial charge is 0.259 e. The number of thioether (sulfide) groups is 1. The number of nitrogens with one attached hydrogen (secondary N) is 1. The van der Waals surface area contributed by atoms with Gasteiger partial charge in [-0.25, -0.2) is 4.39 Å². The van der Waals surface area contributed by atoms with Crippen LogP contribution in [0.25, 0.3) is 0 Å². The van der Waals surface area contributed by atoms with Crippen LogP contribution in [-0.2, 0) is 11.4 Å². The van der Waals surface area contributed by atoms with Crippen LogP contribution in [0.1, 0.15) is 24.6 Å². The van der Waals surface area contributed by atoms with Gasteiger partial charge in [0.2, 0.25) is 0 Å². The summed E-state index contributed by atoms with van der Waals surface area (Å²) >= 11 is 1.49. The molecule has 0 amide bonds. The number of piperidine rings is 1. The largest absolute Gasteiger partial charge is 0.379 e. The molecule has 1 aliphatic heterocycles. The Labute approximate surface area is 125 Å². The number of β-amino-alcohol motifs (C(OH)–C–C–N with tert-alkyl or cyclic N) is 1. The summed E-state index contributed by atoms with van der Waals surface area (Å²) in [5.74, 6) is 1.05. The van der Waals surface area contributed by atoms with Gasteiger partial charge in [-0.05, 0) is 43.7 Å². The summed E-state index contributed by atoms with van der Waals surface area (Å²) in [5, 5.41) is 17.5. The second-order valence-electron chi connectivity index (χ2n) is 5.07. The molecule has 1 fully saturated rings. The third-order valence-electron chi connectivity index (χ3n) is 3.41. The van der Waals surface area contributed by atoms with Crippen molar-refractivity contribution in [3.05, 3.63) is 41.8 Å². The van der Waals surface area contributed by atoms with Crippen molar-refractivity contribution < 1.29 is 14.0 Å². The van der Waals surface area contributed by atoms with Gasteiger partial charge >= 0.3 is 0 Å². The van der Waals surface area contributed by atoms with Crippen LogP contribution < -0.4 is 5.32 Å². The van der Waals surface area contributed by atoms with Crippen LogP contribution in [0.3, 0.4) is 0 Å². The number of nitrogens with zero attached hydrogens (tertiary/aromatic N) is 2.